The number of hydrogen-bond donors (Lipinski definition) is 1. The van der Waals surface area contributed by atoms with Gasteiger partial charge in [0.25, 0.3) is 0 Å². The molecule has 0 fully saturated rings. The molecule has 0 amide bonds. The molecule has 2 aromatic carbocycles. The molecule has 0 aliphatic carbocycles. The van der Waals surface area contributed by atoms with Crippen molar-refractivity contribution in [1.82, 2.24) is 0 Å². The molecule has 19 heavy (non-hydrogen) atoms. The van der Waals surface area contributed by atoms with Crippen molar-refractivity contribution in [2.45, 2.75) is 18.2 Å². The molecule has 102 valence electrons. The minimum atomic E-state index is -5.80. The molecule has 1 atom stereocenters. The summed E-state index contributed by atoms with van der Waals surface area (Å²) in [6, 6.07) is 10.0. The molecule has 6 heteroatoms. The fraction of sp³-hybridized carbons (Fsp3) is 0.231. The Morgan fingerprint density at radius 1 is 0.842 bits per heavy atom. The summed E-state index contributed by atoms with van der Waals surface area (Å²) in [5.41, 5.74) is -0.444. The van der Waals surface area contributed by atoms with Crippen LogP contribution < -0.4 is 0 Å². The van der Waals surface area contributed by atoms with Crippen LogP contribution in [0.15, 0.2) is 42.5 Å². The first kappa shape index (κ1) is 13.7. The third-order valence-corrected chi connectivity index (χ3v) is 2.84. The van der Waals surface area contributed by atoms with Crippen molar-refractivity contribution in [3.8, 4) is 0 Å². The average Bonchev–Trinajstić information content (AvgIpc) is 2.36. The standard InChI is InChI=1S/C13H9F5O/c14-12(15,13(16,17)18)11(19)10-7-3-5-8-4-1-2-6-9(8)10/h1-7,11,19H. The maximum Gasteiger partial charge on any atom is 0.456 e. The topological polar surface area (TPSA) is 20.2 Å². The second-order valence-corrected chi connectivity index (χ2v) is 4.09. The lowest BCUT2D eigenvalue weighted by molar-refractivity contribution is -0.314. The van der Waals surface area contributed by atoms with Crippen LogP contribution >= 0.6 is 0 Å². The molecule has 0 aromatic heterocycles. The van der Waals surface area contributed by atoms with Crippen molar-refractivity contribution >= 4 is 10.8 Å². The molecule has 0 saturated carbocycles. The molecule has 2 aromatic rings. The lowest BCUT2D eigenvalue weighted by Crippen LogP contribution is -2.42. The highest BCUT2D eigenvalue weighted by molar-refractivity contribution is 5.86. The van der Waals surface area contributed by atoms with Crippen LogP contribution in [0, 0.1) is 0 Å². The molecule has 0 aliphatic rings. The summed E-state index contributed by atoms with van der Waals surface area (Å²) in [5.74, 6) is -5.20. The predicted molar refractivity (Wildman–Crippen MR) is 59.9 cm³/mol. The Kier molecular flexibility index (Phi) is 3.22. The van der Waals surface area contributed by atoms with E-state index in [-0.39, 0.29) is 5.39 Å². The second kappa shape index (κ2) is 4.45. The van der Waals surface area contributed by atoms with E-state index < -0.39 is 23.8 Å². The molecule has 0 bridgehead atoms. The van der Waals surface area contributed by atoms with Gasteiger partial charge in [-0.15, -0.1) is 0 Å². The Hall–Kier alpha value is -1.69. The highest BCUT2D eigenvalue weighted by Crippen LogP contribution is 2.45. The van der Waals surface area contributed by atoms with Gasteiger partial charge in [-0.25, -0.2) is 0 Å². The van der Waals surface area contributed by atoms with Crippen LogP contribution in [-0.2, 0) is 0 Å². The maximum atomic E-state index is 13.2. The molecule has 0 aliphatic heterocycles. The lowest BCUT2D eigenvalue weighted by atomic mass is 9.96. The predicted octanol–water partition coefficient (Wildman–Crippen LogP) is 4.07. The third kappa shape index (κ3) is 2.28. The third-order valence-electron chi connectivity index (χ3n) is 2.84. The minimum absolute atomic E-state index is 0.168. The Labute approximate surface area is 105 Å². The molecule has 1 N–H and O–H groups in total. The van der Waals surface area contributed by atoms with Crippen LogP contribution in [0.5, 0.6) is 0 Å². The fourth-order valence-electron chi connectivity index (χ4n) is 1.84. The van der Waals surface area contributed by atoms with Gasteiger partial charge in [0.1, 0.15) is 0 Å². The SMILES string of the molecule is OC(c1cccc2ccccc12)C(F)(F)C(F)(F)F. The number of halogens is 5. The summed E-state index contributed by atoms with van der Waals surface area (Å²) >= 11 is 0. The first-order valence-corrected chi connectivity index (χ1v) is 5.35. The smallest absolute Gasteiger partial charge is 0.382 e. The number of aliphatic hydroxyl groups is 1. The van der Waals surface area contributed by atoms with Gasteiger partial charge in [0.2, 0.25) is 0 Å². The van der Waals surface area contributed by atoms with E-state index in [4.69, 9.17) is 0 Å². The zero-order valence-electron chi connectivity index (χ0n) is 9.46. The van der Waals surface area contributed by atoms with E-state index in [1.54, 1.807) is 18.2 Å². The van der Waals surface area contributed by atoms with E-state index in [0.29, 0.717) is 5.39 Å². The zero-order chi connectivity index (χ0) is 14.3. The van der Waals surface area contributed by atoms with Gasteiger partial charge in [-0.1, -0.05) is 42.5 Å². The van der Waals surface area contributed by atoms with Gasteiger partial charge in [-0.3, -0.25) is 0 Å². The Morgan fingerprint density at radius 3 is 2.05 bits per heavy atom. The van der Waals surface area contributed by atoms with Crippen LogP contribution in [0.1, 0.15) is 11.7 Å². The molecule has 0 heterocycles. The van der Waals surface area contributed by atoms with E-state index >= 15 is 0 Å². The summed E-state index contributed by atoms with van der Waals surface area (Å²) in [6.45, 7) is 0. The molecule has 0 spiro atoms. The lowest BCUT2D eigenvalue weighted by Gasteiger charge is -2.25. The van der Waals surface area contributed by atoms with Crippen molar-refractivity contribution in [3.05, 3.63) is 48.0 Å². The molecule has 2 rings (SSSR count). The van der Waals surface area contributed by atoms with Crippen LogP contribution in [0.4, 0.5) is 22.0 Å². The number of rotatable bonds is 2. The van der Waals surface area contributed by atoms with Crippen LogP contribution in [-0.4, -0.2) is 17.2 Å². The van der Waals surface area contributed by atoms with Crippen LogP contribution in [0.3, 0.4) is 0 Å². The maximum absolute atomic E-state index is 13.2. The van der Waals surface area contributed by atoms with Crippen molar-refractivity contribution < 1.29 is 27.1 Å². The van der Waals surface area contributed by atoms with Gasteiger partial charge in [-0.2, -0.15) is 22.0 Å². The summed E-state index contributed by atoms with van der Waals surface area (Å²) in [4.78, 5) is 0. The van der Waals surface area contributed by atoms with Crippen molar-refractivity contribution in [2.75, 3.05) is 0 Å². The van der Waals surface area contributed by atoms with Crippen LogP contribution in [0.2, 0.25) is 0 Å². The van der Waals surface area contributed by atoms with Gasteiger partial charge >= 0.3 is 12.1 Å². The molecule has 1 nitrogen and oxygen atoms in total. The van der Waals surface area contributed by atoms with Crippen molar-refractivity contribution in [1.29, 1.82) is 0 Å². The molecule has 0 saturated heterocycles. The Morgan fingerprint density at radius 2 is 1.42 bits per heavy atom. The number of aliphatic hydroxyl groups excluding tert-OH is 1. The highest BCUT2D eigenvalue weighted by Gasteiger charge is 2.62. The van der Waals surface area contributed by atoms with Gasteiger partial charge in [0, 0.05) is 0 Å². The van der Waals surface area contributed by atoms with E-state index in [0.717, 1.165) is 6.07 Å². The van der Waals surface area contributed by atoms with Crippen molar-refractivity contribution in [3.63, 3.8) is 0 Å². The van der Waals surface area contributed by atoms with E-state index in [1.165, 1.54) is 18.2 Å². The summed E-state index contributed by atoms with van der Waals surface area (Å²) in [6.07, 6.45) is -8.73. The Balaban J connectivity index is 2.56. The van der Waals surface area contributed by atoms with Crippen molar-refractivity contribution in [2.24, 2.45) is 0 Å². The monoisotopic (exact) mass is 276 g/mol. The number of fused-ring (bicyclic) bond motifs is 1. The molecular weight excluding hydrogens is 267 g/mol. The number of hydrogen-bond acceptors (Lipinski definition) is 1. The van der Waals surface area contributed by atoms with Gasteiger partial charge in [-0.05, 0) is 16.3 Å². The second-order valence-electron chi connectivity index (χ2n) is 4.09. The molecule has 1 unspecified atom stereocenters. The zero-order valence-corrected chi connectivity index (χ0v) is 9.46. The average molecular weight is 276 g/mol. The molecular formula is C13H9F5O. The van der Waals surface area contributed by atoms with E-state index in [1.807, 2.05) is 0 Å². The first-order valence-electron chi connectivity index (χ1n) is 5.35. The summed E-state index contributed by atoms with van der Waals surface area (Å²) in [7, 11) is 0. The number of alkyl halides is 5. The number of benzene rings is 2. The van der Waals surface area contributed by atoms with E-state index in [9.17, 15) is 27.1 Å². The van der Waals surface area contributed by atoms with Gasteiger partial charge in [0.15, 0.2) is 6.10 Å². The highest BCUT2D eigenvalue weighted by atomic mass is 19.4. The van der Waals surface area contributed by atoms with Gasteiger partial charge < -0.3 is 5.11 Å². The first-order chi connectivity index (χ1) is 8.75. The van der Waals surface area contributed by atoms with Crippen LogP contribution in [0.25, 0.3) is 10.8 Å². The Bertz CT molecular complexity index is 586. The summed E-state index contributed by atoms with van der Waals surface area (Å²) in [5, 5.41) is 10.1. The fourth-order valence-corrected chi connectivity index (χ4v) is 1.84. The van der Waals surface area contributed by atoms with Gasteiger partial charge in [0.05, 0.1) is 0 Å². The quantitative estimate of drug-likeness (QED) is 0.820. The normalized spacial score (nSPS) is 14.6. The molecule has 0 radical (unpaired) electrons. The minimum Gasteiger partial charge on any atom is -0.382 e. The van der Waals surface area contributed by atoms with E-state index in [2.05, 4.69) is 0 Å². The summed E-state index contributed by atoms with van der Waals surface area (Å²) < 4.78 is 63.1. The largest absolute Gasteiger partial charge is 0.456 e.